The number of rotatable bonds is 7. The minimum atomic E-state index is -0.201. The van der Waals surface area contributed by atoms with Crippen LogP contribution in [0.5, 0.6) is 11.5 Å². The molecule has 6 nitrogen and oxygen atoms in total. The van der Waals surface area contributed by atoms with Gasteiger partial charge in [0.05, 0.1) is 11.6 Å². The zero-order chi connectivity index (χ0) is 20.9. The number of hydrogen-bond donors (Lipinski definition) is 0. The average Bonchev–Trinajstić information content (AvgIpc) is 3.30. The molecule has 30 heavy (non-hydrogen) atoms. The van der Waals surface area contributed by atoms with Crippen LogP contribution in [0, 0.1) is 0 Å². The van der Waals surface area contributed by atoms with Crippen molar-refractivity contribution in [1.82, 2.24) is 14.6 Å². The van der Waals surface area contributed by atoms with Crippen molar-refractivity contribution < 1.29 is 9.47 Å². The van der Waals surface area contributed by atoms with Crippen LogP contribution in [0.15, 0.2) is 66.0 Å². The van der Waals surface area contributed by atoms with Crippen molar-refractivity contribution in [2.75, 3.05) is 13.7 Å². The summed E-state index contributed by atoms with van der Waals surface area (Å²) in [5.41, 5.74) is 1.66. The summed E-state index contributed by atoms with van der Waals surface area (Å²) < 4.78 is 12.8. The second kappa shape index (κ2) is 8.75. The van der Waals surface area contributed by atoms with E-state index in [4.69, 9.17) is 9.47 Å². The number of hydrogen-bond acceptors (Lipinski definition) is 6. The monoisotopic (exact) mass is 417 g/mol. The highest BCUT2D eigenvalue weighted by atomic mass is 32.1. The van der Waals surface area contributed by atoms with E-state index in [-0.39, 0.29) is 5.56 Å². The van der Waals surface area contributed by atoms with Crippen molar-refractivity contribution in [2.45, 2.75) is 0 Å². The van der Waals surface area contributed by atoms with Gasteiger partial charge in [0.1, 0.15) is 6.61 Å². The van der Waals surface area contributed by atoms with Crippen molar-refractivity contribution in [3.8, 4) is 11.5 Å². The van der Waals surface area contributed by atoms with Gasteiger partial charge in [-0.1, -0.05) is 66.5 Å². The first-order chi connectivity index (χ1) is 14.7. The maximum absolute atomic E-state index is 12.7. The third-order valence-corrected chi connectivity index (χ3v) is 5.22. The first-order valence-corrected chi connectivity index (χ1v) is 10.1. The van der Waals surface area contributed by atoms with Crippen molar-refractivity contribution in [3.05, 3.63) is 93.0 Å². The predicted molar refractivity (Wildman–Crippen MR) is 120 cm³/mol. The summed E-state index contributed by atoms with van der Waals surface area (Å²) in [5, 5.41) is 4.31. The van der Waals surface area contributed by atoms with Gasteiger partial charge >= 0.3 is 0 Å². The molecule has 0 radical (unpaired) electrons. The van der Waals surface area contributed by atoms with E-state index in [1.807, 2.05) is 54.6 Å². The summed E-state index contributed by atoms with van der Waals surface area (Å²) in [6.45, 7) is 4.03. The molecule has 4 aromatic rings. The van der Waals surface area contributed by atoms with Crippen LogP contribution in [0.4, 0.5) is 0 Å². The Morgan fingerprint density at radius 1 is 1.10 bits per heavy atom. The Morgan fingerprint density at radius 2 is 1.93 bits per heavy atom. The Bertz CT molecular complexity index is 1320. The summed E-state index contributed by atoms with van der Waals surface area (Å²) in [7, 11) is 1.58. The molecule has 0 aliphatic heterocycles. The lowest BCUT2D eigenvalue weighted by Gasteiger charge is -2.09. The molecule has 0 saturated carbocycles. The molecule has 0 bridgehead atoms. The van der Waals surface area contributed by atoms with Gasteiger partial charge in [0, 0.05) is 0 Å². The minimum Gasteiger partial charge on any atom is -0.493 e. The molecular formula is C23H19N3O3S. The van der Waals surface area contributed by atoms with Gasteiger partial charge in [-0.25, -0.2) is 0 Å². The third-order valence-electron chi connectivity index (χ3n) is 4.26. The molecule has 2 heterocycles. The molecule has 0 unspecified atom stereocenters. The topological polar surface area (TPSA) is 65.7 Å². The molecule has 4 rings (SSSR count). The molecule has 0 spiro atoms. The highest BCUT2D eigenvalue weighted by Crippen LogP contribution is 2.28. The van der Waals surface area contributed by atoms with E-state index < -0.39 is 0 Å². The van der Waals surface area contributed by atoms with Gasteiger partial charge in [-0.2, -0.15) is 9.50 Å². The van der Waals surface area contributed by atoms with E-state index >= 15 is 0 Å². The molecule has 0 saturated heterocycles. The standard InChI is InChI=1S/C23H19N3O3S/c1-3-13-29-18-11-9-17(14-19(18)28-2)15-20-22(27)26-23(30-20)24-21(25-26)12-10-16-7-5-4-6-8-16/h3-12,14-15H,1,13H2,2H3. The molecule has 0 atom stereocenters. The number of benzene rings is 2. The van der Waals surface area contributed by atoms with Gasteiger partial charge in [-0.3, -0.25) is 4.79 Å². The van der Waals surface area contributed by atoms with E-state index in [1.165, 1.54) is 15.9 Å². The second-order valence-electron chi connectivity index (χ2n) is 6.33. The van der Waals surface area contributed by atoms with Crippen LogP contribution in [0.2, 0.25) is 0 Å². The summed E-state index contributed by atoms with van der Waals surface area (Å²) in [4.78, 5) is 17.7. The Labute approximate surface area is 177 Å². The number of aromatic nitrogens is 3. The van der Waals surface area contributed by atoms with E-state index in [0.29, 0.717) is 33.4 Å². The lowest BCUT2D eigenvalue weighted by atomic mass is 10.2. The molecule has 2 aromatic heterocycles. The summed E-state index contributed by atoms with van der Waals surface area (Å²) >= 11 is 1.29. The smallest absolute Gasteiger partial charge is 0.291 e. The van der Waals surface area contributed by atoms with Gasteiger partial charge in [0.15, 0.2) is 17.3 Å². The SMILES string of the molecule is C=CCOc1ccc(C=c2sc3nc(C=Cc4ccccc4)nn3c2=O)cc1OC. The van der Waals surface area contributed by atoms with Crippen molar-refractivity contribution in [1.29, 1.82) is 0 Å². The molecule has 0 N–H and O–H groups in total. The molecule has 7 heteroatoms. The zero-order valence-corrected chi connectivity index (χ0v) is 17.1. The van der Waals surface area contributed by atoms with Gasteiger partial charge in [-0.05, 0) is 35.4 Å². The van der Waals surface area contributed by atoms with Crippen LogP contribution in [0.3, 0.4) is 0 Å². The first kappa shape index (κ1) is 19.6. The van der Waals surface area contributed by atoms with Crippen molar-refractivity contribution in [3.63, 3.8) is 0 Å². The Hall–Kier alpha value is -3.71. The van der Waals surface area contributed by atoms with Gasteiger partial charge < -0.3 is 9.47 Å². The van der Waals surface area contributed by atoms with Gasteiger partial charge in [0.25, 0.3) is 5.56 Å². The Kier molecular flexibility index (Phi) is 5.72. The molecule has 0 amide bonds. The van der Waals surface area contributed by atoms with Crippen LogP contribution < -0.4 is 19.6 Å². The fourth-order valence-electron chi connectivity index (χ4n) is 2.85. The first-order valence-electron chi connectivity index (χ1n) is 9.24. The third kappa shape index (κ3) is 4.16. The van der Waals surface area contributed by atoms with Crippen molar-refractivity contribution >= 4 is 34.5 Å². The normalized spacial score (nSPS) is 12.0. The maximum atomic E-state index is 12.7. The van der Waals surface area contributed by atoms with E-state index in [1.54, 1.807) is 25.3 Å². The Balaban J connectivity index is 1.63. The van der Waals surface area contributed by atoms with E-state index in [9.17, 15) is 4.79 Å². The number of thiazole rings is 1. The highest BCUT2D eigenvalue weighted by molar-refractivity contribution is 7.15. The number of fused-ring (bicyclic) bond motifs is 1. The largest absolute Gasteiger partial charge is 0.493 e. The second-order valence-corrected chi connectivity index (χ2v) is 7.34. The molecule has 2 aromatic carbocycles. The highest BCUT2D eigenvalue weighted by Gasteiger charge is 2.10. The van der Waals surface area contributed by atoms with Crippen LogP contribution >= 0.6 is 11.3 Å². The quantitative estimate of drug-likeness (QED) is 0.431. The maximum Gasteiger partial charge on any atom is 0.291 e. The fourth-order valence-corrected chi connectivity index (χ4v) is 3.76. The van der Waals surface area contributed by atoms with Gasteiger partial charge in [0.2, 0.25) is 4.96 Å². The Morgan fingerprint density at radius 3 is 2.67 bits per heavy atom. The van der Waals surface area contributed by atoms with Crippen LogP contribution in [-0.2, 0) is 0 Å². The summed E-state index contributed by atoms with van der Waals surface area (Å²) in [6.07, 6.45) is 7.17. The summed E-state index contributed by atoms with van der Waals surface area (Å²) in [6, 6.07) is 15.4. The number of nitrogens with zero attached hydrogens (tertiary/aromatic N) is 3. The predicted octanol–water partition coefficient (Wildman–Crippen LogP) is 3.44. The van der Waals surface area contributed by atoms with E-state index in [2.05, 4.69) is 16.7 Å². The molecular weight excluding hydrogens is 398 g/mol. The molecule has 0 fully saturated rings. The molecule has 0 aliphatic carbocycles. The van der Waals surface area contributed by atoms with Crippen LogP contribution in [-0.4, -0.2) is 28.3 Å². The lowest BCUT2D eigenvalue weighted by Crippen LogP contribution is -2.23. The summed E-state index contributed by atoms with van der Waals surface area (Å²) in [5.74, 6) is 1.71. The van der Waals surface area contributed by atoms with Crippen LogP contribution in [0.1, 0.15) is 17.0 Å². The van der Waals surface area contributed by atoms with E-state index in [0.717, 1.165) is 11.1 Å². The van der Waals surface area contributed by atoms with Crippen molar-refractivity contribution in [2.24, 2.45) is 0 Å². The molecule has 0 aliphatic rings. The van der Waals surface area contributed by atoms with Gasteiger partial charge in [-0.15, -0.1) is 5.10 Å². The number of methoxy groups -OCH3 is 1. The average molecular weight is 417 g/mol. The zero-order valence-electron chi connectivity index (χ0n) is 16.3. The lowest BCUT2D eigenvalue weighted by molar-refractivity contribution is 0.326. The van der Waals surface area contributed by atoms with Crippen LogP contribution in [0.25, 0.3) is 23.2 Å². The fraction of sp³-hybridized carbons (Fsp3) is 0.0870. The molecule has 150 valence electrons. The number of ether oxygens (including phenoxy) is 2. The minimum absolute atomic E-state index is 0.201.